The van der Waals surface area contributed by atoms with E-state index in [1.165, 1.54) is 8.99 Å². The third-order valence-corrected chi connectivity index (χ3v) is 9.40. The Bertz CT molecular complexity index is 2020. The van der Waals surface area contributed by atoms with Crippen LogP contribution in [0, 0.1) is 6.92 Å². The summed E-state index contributed by atoms with van der Waals surface area (Å²) in [5.41, 5.74) is 10.5. The van der Waals surface area contributed by atoms with Crippen molar-refractivity contribution >= 4 is 33.1 Å². The summed E-state index contributed by atoms with van der Waals surface area (Å²) >= 11 is 0. The minimum atomic E-state index is -3.32. The highest BCUT2D eigenvalue weighted by Gasteiger charge is 2.28. The van der Waals surface area contributed by atoms with Crippen molar-refractivity contribution in [1.82, 2.24) is 19.3 Å². The van der Waals surface area contributed by atoms with Crippen molar-refractivity contribution in [3.8, 4) is 28.2 Å². The number of anilines is 3. The Balaban J connectivity index is 1.25. The lowest BCUT2D eigenvalue weighted by Crippen LogP contribution is -2.25. The second kappa shape index (κ2) is 10.9. The standard InChI is InChI=1S/C31H29N7O4S/c1-20-27(31(40)38(36(20)2)24-9-4-3-5-10-24)30(39)34-23-14-12-21(13-15-23)28-29(32)33-19-26(35-28)22-8-6-11-25(18-22)37-16-7-17-43(37,41)42/h3-6,8-15,18-19H,7,16-17H2,1-2H3,(H2,32,33)(H,34,39). The average molecular weight is 596 g/mol. The smallest absolute Gasteiger partial charge is 0.284 e. The lowest BCUT2D eigenvalue weighted by atomic mass is 10.1. The Hall–Kier alpha value is -5.23. The third kappa shape index (κ3) is 5.17. The van der Waals surface area contributed by atoms with Crippen molar-refractivity contribution in [3.63, 3.8) is 0 Å². The van der Waals surface area contributed by atoms with Gasteiger partial charge in [0, 0.05) is 30.4 Å². The first-order valence-electron chi connectivity index (χ1n) is 13.6. The van der Waals surface area contributed by atoms with Crippen LogP contribution in [-0.4, -0.2) is 46.0 Å². The molecule has 0 spiro atoms. The van der Waals surface area contributed by atoms with E-state index in [-0.39, 0.29) is 17.1 Å². The Morgan fingerprint density at radius 1 is 0.953 bits per heavy atom. The molecule has 6 rings (SSSR count). The van der Waals surface area contributed by atoms with Crippen LogP contribution in [0.4, 0.5) is 17.2 Å². The molecule has 0 radical (unpaired) electrons. The molecule has 1 aliphatic heterocycles. The quantitative estimate of drug-likeness (QED) is 0.302. The van der Waals surface area contributed by atoms with E-state index in [0.29, 0.717) is 58.2 Å². The van der Waals surface area contributed by atoms with Gasteiger partial charge in [-0.3, -0.25) is 18.6 Å². The van der Waals surface area contributed by atoms with Crippen LogP contribution in [-0.2, 0) is 17.1 Å². The van der Waals surface area contributed by atoms with Gasteiger partial charge in [0.05, 0.1) is 34.7 Å². The molecule has 5 aromatic rings. The first-order valence-corrected chi connectivity index (χ1v) is 15.2. The molecule has 1 aliphatic rings. The van der Waals surface area contributed by atoms with Gasteiger partial charge >= 0.3 is 0 Å². The minimum absolute atomic E-state index is 0.0576. The second-order valence-electron chi connectivity index (χ2n) is 10.2. The topological polar surface area (TPSA) is 145 Å². The molecule has 0 bridgehead atoms. The van der Waals surface area contributed by atoms with Crippen LogP contribution in [0.15, 0.2) is 89.9 Å². The van der Waals surface area contributed by atoms with Crippen molar-refractivity contribution in [1.29, 1.82) is 0 Å². The maximum absolute atomic E-state index is 13.2. The Labute approximate surface area is 248 Å². The summed E-state index contributed by atoms with van der Waals surface area (Å²) in [7, 11) is -1.58. The second-order valence-corrected chi connectivity index (χ2v) is 12.3. The van der Waals surface area contributed by atoms with Gasteiger partial charge in [-0.1, -0.05) is 42.5 Å². The summed E-state index contributed by atoms with van der Waals surface area (Å²) in [5.74, 6) is -0.155. The maximum Gasteiger partial charge on any atom is 0.284 e. The molecule has 3 aromatic carbocycles. The molecule has 3 N–H and O–H groups in total. The van der Waals surface area contributed by atoms with Crippen LogP contribution >= 0.6 is 0 Å². The van der Waals surface area contributed by atoms with E-state index in [2.05, 4.69) is 10.3 Å². The van der Waals surface area contributed by atoms with E-state index in [1.54, 1.807) is 79.4 Å². The van der Waals surface area contributed by atoms with E-state index < -0.39 is 21.5 Å². The van der Waals surface area contributed by atoms with Crippen molar-refractivity contribution in [2.45, 2.75) is 13.3 Å². The Kier molecular flexibility index (Phi) is 7.06. The van der Waals surface area contributed by atoms with Crippen LogP contribution in [0.25, 0.3) is 28.2 Å². The van der Waals surface area contributed by atoms with Crippen molar-refractivity contribution in [3.05, 3.63) is 107 Å². The lowest BCUT2D eigenvalue weighted by Gasteiger charge is -2.17. The summed E-state index contributed by atoms with van der Waals surface area (Å²) in [4.78, 5) is 35.5. The highest BCUT2D eigenvalue weighted by Crippen LogP contribution is 2.31. The number of para-hydroxylation sites is 1. The lowest BCUT2D eigenvalue weighted by molar-refractivity contribution is 0.102. The number of amides is 1. The van der Waals surface area contributed by atoms with Gasteiger partial charge in [-0.2, -0.15) is 0 Å². The first kappa shape index (κ1) is 27.9. The minimum Gasteiger partial charge on any atom is -0.382 e. The highest BCUT2D eigenvalue weighted by molar-refractivity contribution is 7.93. The van der Waals surface area contributed by atoms with E-state index in [9.17, 15) is 18.0 Å². The van der Waals surface area contributed by atoms with Crippen molar-refractivity contribution in [2.24, 2.45) is 7.05 Å². The molecule has 0 saturated carbocycles. The molecule has 0 unspecified atom stereocenters. The fraction of sp³-hybridized carbons (Fsp3) is 0.161. The fourth-order valence-corrected chi connectivity index (χ4v) is 6.79. The average Bonchev–Trinajstić information content (AvgIpc) is 3.47. The zero-order valence-corrected chi connectivity index (χ0v) is 24.4. The van der Waals surface area contributed by atoms with Gasteiger partial charge < -0.3 is 11.1 Å². The van der Waals surface area contributed by atoms with E-state index in [4.69, 9.17) is 10.7 Å². The highest BCUT2D eigenvalue weighted by atomic mass is 32.2. The molecule has 0 aliphatic carbocycles. The molecule has 218 valence electrons. The van der Waals surface area contributed by atoms with Gasteiger partial charge in [-0.25, -0.2) is 23.1 Å². The zero-order valence-electron chi connectivity index (χ0n) is 23.6. The SMILES string of the molecule is Cc1c(C(=O)Nc2ccc(-c3nc(-c4cccc(N5CCCS5(=O)=O)c4)cnc3N)cc2)c(=O)n(-c2ccccc2)n1C. The number of sulfonamides is 1. The molecular weight excluding hydrogens is 566 g/mol. The number of nitrogens with one attached hydrogen (secondary N) is 1. The first-order chi connectivity index (χ1) is 20.6. The molecule has 2 aromatic heterocycles. The molecular formula is C31H29N7O4S. The number of rotatable bonds is 6. The van der Waals surface area contributed by atoms with E-state index in [0.717, 1.165) is 0 Å². The maximum atomic E-state index is 13.2. The number of nitrogen functional groups attached to an aromatic ring is 1. The Morgan fingerprint density at radius 2 is 1.67 bits per heavy atom. The molecule has 1 amide bonds. The number of benzene rings is 3. The van der Waals surface area contributed by atoms with Crippen LogP contribution in [0.2, 0.25) is 0 Å². The monoisotopic (exact) mass is 595 g/mol. The Morgan fingerprint density at radius 3 is 2.37 bits per heavy atom. The van der Waals surface area contributed by atoms with Gasteiger partial charge in [0.2, 0.25) is 10.0 Å². The molecule has 3 heterocycles. The molecule has 11 nitrogen and oxygen atoms in total. The predicted molar refractivity (Wildman–Crippen MR) is 167 cm³/mol. The molecule has 1 fully saturated rings. The van der Waals surface area contributed by atoms with Crippen LogP contribution in [0.1, 0.15) is 22.5 Å². The van der Waals surface area contributed by atoms with Crippen molar-refractivity contribution in [2.75, 3.05) is 27.7 Å². The fourth-order valence-electron chi connectivity index (χ4n) is 5.23. The van der Waals surface area contributed by atoms with Gasteiger partial charge in [-0.05, 0) is 49.7 Å². The largest absolute Gasteiger partial charge is 0.382 e. The number of nitrogens with zero attached hydrogens (tertiary/aromatic N) is 5. The number of hydrogen-bond acceptors (Lipinski definition) is 7. The summed E-state index contributed by atoms with van der Waals surface area (Å²) in [5, 5.41) is 2.82. The number of hydrogen-bond donors (Lipinski definition) is 2. The third-order valence-electron chi connectivity index (χ3n) is 7.53. The summed E-state index contributed by atoms with van der Waals surface area (Å²) in [6.07, 6.45) is 2.14. The molecule has 0 atom stereocenters. The molecule has 43 heavy (non-hydrogen) atoms. The summed E-state index contributed by atoms with van der Waals surface area (Å²) < 4.78 is 29.4. The van der Waals surface area contributed by atoms with Crippen LogP contribution in [0.5, 0.6) is 0 Å². The van der Waals surface area contributed by atoms with Crippen molar-refractivity contribution < 1.29 is 13.2 Å². The van der Waals surface area contributed by atoms with E-state index in [1.807, 2.05) is 24.3 Å². The number of carbonyl (C=O) groups is 1. The molecule has 1 saturated heterocycles. The summed E-state index contributed by atoms with van der Waals surface area (Å²) in [6.45, 7) is 2.17. The predicted octanol–water partition coefficient (Wildman–Crippen LogP) is 3.98. The van der Waals surface area contributed by atoms with Crippen LogP contribution < -0.4 is 20.9 Å². The number of carbonyl (C=O) groups excluding carboxylic acids is 1. The zero-order chi connectivity index (χ0) is 30.3. The van der Waals surface area contributed by atoms with Gasteiger partial charge in [0.1, 0.15) is 17.1 Å². The summed E-state index contributed by atoms with van der Waals surface area (Å²) in [6, 6.07) is 23.2. The molecule has 12 heteroatoms. The van der Waals surface area contributed by atoms with E-state index >= 15 is 0 Å². The van der Waals surface area contributed by atoms with Gasteiger partial charge in [0.15, 0.2) is 0 Å². The normalized spacial score (nSPS) is 14.1. The number of nitrogens with two attached hydrogens (primary N) is 1. The van der Waals surface area contributed by atoms with Crippen LogP contribution in [0.3, 0.4) is 0 Å². The van der Waals surface area contributed by atoms with Gasteiger partial charge in [0.25, 0.3) is 11.5 Å². The van der Waals surface area contributed by atoms with Gasteiger partial charge in [-0.15, -0.1) is 0 Å². The number of aromatic nitrogens is 4.